The third-order valence-corrected chi connectivity index (χ3v) is 6.20. The maximum absolute atomic E-state index is 13.6. The summed E-state index contributed by atoms with van der Waals surface area (Å²) in [5, 5.41) is 0.712. The predicted molar refractivity (Wildman–Crippen MR) is 120 cm³/mol. The first-order valence-corrected chi connectivity index (χ1v) is 10.4. The summed E-state index contributed by atoms with van der Waals surface area (Å²) < 4.78 is 1.12. The van der Waals surface area contributed by atoms with Crippen LogP contribution in [0.25, 0.3) is 10.2 Å². The number of thiazole rings is 1. The van der Waals surface area contributed by atoms with E-state index in [0.717, 1.165) is 26.9 Å². The molecule has 5 heteroatoms. The molecule has 4 aromatic rings. The summed E-state index contributed by atoms with van der Waals surface area (Å²) in [7, 11) is 0. The van der Waals surface area contributed by atoms with Crippen molar-refractivity contribution in [1.29, 1.82) is 0 Å². The molecule has 0 fully saturated rings. The third-order valence-electron chi connectivity index (χ3n) is 4.97. The fourth-order valence-electron chi connectivity index (χ4n) is 3.49. The number of rotatable bonds is 4. The van der Waals surface area contributed by atoms with Crippen molar-refractivity contribution in [2.45, 2.75) is 34.2 Å². The van der Waals surface area contributed by atoms with Gasteiger partial charge in [0.25, 0.3) is 5.91 Å². The monoisotopic (exact) mass is 401 g/mol. The summed E-state index contributed by atoms with van der Waals surface area (Å²) >= 11 is 1.57. The molecular formula is C24H23N3OS. The zero-order valence-electron chi connectivity index (χ0n) is 17.1. The Kier molecular flexibility index (Phi) is 5.16. The van der Waals surface area contributed by atoms with Gasteiger partial charge in [0.15, 0.2) is 5.13 Å². The molecule has 0 bridgehead atoms. The first-order valence-electron chi connectivity index (χ1n) is 9.58. The average molecular weight is 402 g/mol. The van der Waals surface area contributed by atoms with E-state index in [2.05, 4.69) is 31.0 Å². The molecule has 0 aliphatic carbocycles. The number of hydrogen-bond donors (Lipinski definition) is 0. The second kappa shape index (κ2) is 7.76. The summed E-state index contributed by atoms with van der Waals surface area (Å²) in [6.07, 6.45) is 3.54. The van der Waals surface area contributed by atoms with Gasteiger partial charge >= 0.3 is 0 Å². The maximum atomic E-state index is 13.6. The standard InChI is InChI=1S/C24H23N3OS/c1-15-7-8-17(3)20(11-15)23(28)27(14-19-6-5-9-25-13-19)24-26-21-12-16(2)10-18(4)22(21)29-24/h5-13H,14H2,1-4H3. The van der Waals surface area contributed by atoms with Crippen LogP contribution in [0.15, 0.2) is 54.9 Å². The van der Waals surface area contributed by atoms with Gasteiger partial charge in [0.2, 0.25) is 0 Å². The van der Waals surface area contributed by atoms with E-state index in [1.165, 1.54) is 11.1 Å². The van der Waals surface area contributed by atoms with Crippen LogP contribution in [-0.4, -0.2) is 15.9 Å². The summed E-state index contributed by atoms with van der Waals surface area (Å²) in [6.45, 7) is 8.57. The number of fused-ring (bicyclic) bond motifs is 1. The van der Waals surface area contributed by atoms with Crippen LogP contribution in [0, 0.1) is 27.7 Å². The molecule has 0 N–H and O–H groups in total. The summed E-state index contributed by atoms with van der Waals surface area (Å²) in [5.41, 5.74) is 7.00. The van der Waals surface area contributed by atoms with Crippen molar-refractivity contribution in [2.24, 2.45) is 0 Å². The Morgan fingerprint density at radius 1 is 1.00 bits per heavy atom. The van der Waals surface area contributed by atoms with Crippen LogP contribution in [0.4, 0.5) is 5.13 Å². The molecule has 146 valence electrons. The van der Waals surface area contributed by atoms with Gasteiger partial charge in [-0.1, -0.05) is 41.2 Å². The lowest BCUT2D eigenvalue weighted by Gasteiger charge is -2.21. The third kappa shape index (κ3) is 3.91. The number of carbonyl (C=O) groups is 1. The molecule has 2 heterocycles. The summed E-state index contributed by atoms with van der Waals surface area (Å²) in [4.78, 5) is 24.4. The number of benzene rings is 2. The van der Waals surface area contributed by atoms with E-state index in [0.29, 0.717) is 17.2 Å². The van der Waals surface area contributed by atoms with Gasteiger partial charge in [0.05, 0.1) is 16.8 Å². The van der Waals surface area contributed by atoms with E-state index < -0.39 is 0 Å². The lowest BCUT2D eigenvalue weighted by Crippen LogP contribution is -2.31. The molecular weight excluding hydrogens is 378 g/mol. The molecule has 0 aliphatic rings. The molecule has 0 unspecified atom stereocenters. The minimum absolute atomic E-state index is 0.0384. The smallest absolute Gasteiger partial charge is 0.260 e. The molecule has 2 aromatic carbocycles. The first-order chi connectivity index (χ1) is 13.9. The molecule has 4 rings (SSSR count). The second-order valence-electron chi connectivity index (χ2n) is 7.50. The Hall–Kier alpha value is -3.05. The summed E-state index contributed by atoms with van der Waals surface area (Å²) in [5.74, 6) is -0.0384. The predicted octanol–water partition coefficient (Wildman–Crippen LogP) is 5.77. The second-order valence-corrected chi connectivity index (χ2v) is 8.47. The largest absolute Gasteiger partial charge is 0.279 e. The zero-order chi connectivity index (χ0) is 20.5. The molecule has 0 saturated heterocycles. The Bertz CT molecular complexity index is 1200. The summed E-state index contributed by atoms with van der Waals surface area (Å²) in [6, 6.07) is 14.1. The number of amides is 1. The van der Waals surface area contributed by atoms with Crippen LogP contribution in [0.2, 0.25) is 0 Å². The number of nitrogens with zero attached hydrogens (tertiary/aromatic N) is 3. The van der Waals surface area contributed by atoms with Gasteiger partial charge in [-0.3, -0.25) is 14.7 Å². The van der Waals surface area contributed by atoms with Crippen molar-refractivity contribution < 1.29 is 4.79 Å². The van der Waals surface area contributed by atoms with Gasteiger partial charge in [0.1, 0.15) is 0 Å². The topological polar surface area (TPSA) is 46.1 Å². The number of anilines is 1. The fourth-order valence-corrected chi connectivity index (χ4v) is 4.51. The van der Waals surface area contributed by atoms with Crippen molar-refractivity contribution >= 4 is 32.6 Å². The van der Waals surface area contributed by atoms with Gasteiger partial charge in [0, 0.05) is 18.0 Å². The minimum Gasteiger partial charge on any atom is -0.279 e. The molecule has 0 spiro atoms. The normalized spacial score (nSPS) is 11.0. The van der Waals surface area contributed by atoms with Gasteiger partial charge in [-0.05, 0) is 68.1 Å². The zero-order valence-corrected chi connectivity index (χ0v) is 17.9. The van der Waals surface area contributed by atoms with Crippen LogP contribution < -0.4 is 4.90 Å². The lowest BCUT2D eigenvalue weighted by atomic mass is 10.0. The van der Waals surface area contributed by atoms with E-state index >= 15 is 0 Å². The minimum atomic E-state index is -0.0384. The molecule has 0 saturated carbocycles. The van der Waals surface area contributed by atoms with Gasteiger partial charge in [-0.2, -0.15) is 0 Å². The van der Waals surface area contributed by atoms with E-state index in [-0.39, 0.29) is 5.91 Å². The molecule has 29 heavy (non-hydrogen) atoms. The highest BCUT2D eigenvalue weighted by Crippen LogP contribution is 2.34. The molecule has 0 atom stereocenters. The van der Waals surface area contributed by atoms with Gasteiger partial charge < -0.3 is 0 Å². The Labute approximate surface area is 174 Å². The molecule has 2 aromatic heterocycles. The number of hydrogen-bond acceptors (Lipinski definition) is 4. The van der Waals surface area contributed by atoms with E-state index in [9.17, 15) is 4.79 Å². The van der Waals surface area contributed by atoms with Crippen molar-refractivity contribution in [1.82, 2.24) is 9.97 Å². The Morgan fingerprint density at radius 3 is 2.59 bits per heavy atom. The Balaban J connectivity index is 1.83. The molecule has 0 radical (unpaired) electrons. The highest BCUT2D eigenvalue weighted by atomic mass is 32.1. The number of aryl methyl sites for hydroxylation is 4. The maximum Gasteiger partial charge on any atom is 0.260 e. The van der Waals surface area contributed by atoms with Crippen molar-refractivity contribution in [2.75, 3.05) is 4.90 Å². The van der Waals surface area contributed by atoms with Crippen LogP contribution in [0.5, 0.6) is 0 Å². The van der Waals surface area contributed by atoms with Gasteiger partial charge in [-0.15, -0.1) is 0 Å². The van der Waals surface area contributed by atoms with Crippen molar-refractivity contribution in [3.8, 4) is 0 Å². The fraction of sp³-hybridized carbons (Fsp3) is 0.208. The number of aromatic nitrogens is 2. The van der Waals surface area contributed by atoms with Crippen molar-refractivity contribution in [3.63, 3.8) is 0 Å². The molecule has 1 amide bonds. The Morgan fingerprint density at radius 2 is 1.83 bits per heavy atom. The van der Waals surface area contributed by atoms with Crippen molar-refractivity contribution in [3.05, 3.63) is 88.2 Å². The number of carbonyl (C=O) groups excluding carboxylic acids is 1. The SMILES string of the molecule is Cc1ccc(C)c(C(=O)N(Cc2cccnc2)c2nc3cc(C)cc(C)c3s2)c1. The molecule has 4 nitrogen and oxygen atoms in total. The first kappa shape index (κ1) is 19.3. The van der Waals surface area contributed by atoms with Crippen LogP contribution in [0.3, 0.4) is 0 Å². The number of pyridine rings is 1. The highest BCUT2D eigenvalue weighted by Gasteiger charge is 2.23. The van der Waals surface area contributed by atoms with Gasteiger partial charge in [-0.25, -0.2) is 4.98 Å². The lowest BCUT2D eigenvalue weighted by molar-refractivity contribution is 0.0984. The molecule has 0 aliphatic heterocycles. The van der Waals surface area contributed by atoms with Crippen LogP contribution >= 0.6 is 11.3 Å². The highest BCUT2D eigenvalue weighted by molar-refractivity contribution is 7.22. The quantitative estimate of drug-likeness (QED) is 0.436. The average Bonchev–Trinajstić information content (AvgIpc) is 3.12. The van der Waals surface area contributed by atoms with Crippen LogP contribution in [-0.2, 0) is 6.54 Å². The van der Waals surface area contributed by atoms with E-state index in [1.54, 1.807) is 28.6 Å². The van der Waals surface area contributed by atoms with Crippen LogP contribution in [0.1, 0.15) is 38.2 Å². The van der Waals surface area contributed by atoms with E-state index in [4.69, 9.17) is 4.98 Å². The van der Waals surface area contributed by atoms with E-state index in [1.807, 2.05) is 44.2 Å².